The van der Waals surface area contributed by atoms with Gasteiger partial charge in [-0.05, 0) is 38.8 Å². The molecule has 2 unspecified atom stereocenters. The molecule has 4 heteroatoms. The number of nitrogens with zero attached hydrogens (tertiary/aromatic N) is 1. The molecule has 1 aromatic rings. The van der Waals surface area contributed by atoms with Crippen LogP contribution in [0.4, 0.5) is 0 Å². The minimum Gasteiger partial charge on any atom is -0.374 e. The Hall–Kier alpha value is -0.940. The lowest BCUT2D eigenvalue weighted by atomic mass is 9.95. The summed E-state index contributed by atoms with van der Waals surface area (Å²) in [5.74, 6) is 5.82. The zero-order valence-electron chi connectivity index (χ0n) is 13.0. The fraction of sp³-hybridized carbons (Fsp3) is 0.625. The maximum Gasteiger partial charge on any atom is 0.0910 e. The molecule has 0 bridgehead atoms. The molecule has 1 aromatic carbocycles. The Morgan fingerprint density at radius 2 is 2.10 bits per heavy atom. The Bertz CT molecular complexity index is 447. The molecule has 20 heavy (non-hydrogen) atoms. The molecule has 1 heterocycles. The van der Waals surface area contributed by atoms with Crippen LogP contribution in [0.5, 0.6) is 0 Å². The Morgan fingerprint density at radius 1 is 1.35 bits per heavy atom. The maximum atomic E-state index is 5.97. The van der Waals surface area contributed by atoms with E-state index in [0.29, 0.717) is 6.04 Å². The first kappa shape index (κ1) is 15.4. The van der Waals surface area contributed by atoms with Gasteiger partial charge in [0.15, 0.2) is 0 Å². The van der Waals surface area contributed by atoms with Crippen LogP contribution < -0.4 is 11.3 Å². The van der Waals surface area contributed by atoms with Gasteiger partial charge in [0.1, 0.15) is 0 Å². The summed E-state index contributed by atoms with van der Waals surface area (Å²) in [6.45, 7) is 11.4. The Labute approximate surface area is 122 Å². The SMILES string of the molecule is Cc1ccc(C(NN)C2CN(C(C)C)CCO2)c(C)c1. The molecule has 1 aliphatic heterocycles. The molecule has 3 N–H and O–H groups in total. The van der Waals surface area contributed by atoms with Crippen molar-refractivity contribution in [3.8, 4) is 0 Å². The van der Waals surface area contributed by atoms with Gasteiger partial charge in [-0.2, -0.15) is 0 Å². The van der Waals surface area contributed by atoms with Crippen molar-refractivity contribution in [3.05, 3.63) is 34.9 Å². The smallest absolute Gasteiger partial charge is 0.0910 e. The first-order chi connectivity index (χ1) is 9.52. The summed E-state index contributed by atoms with van der Waals surface area (Å²) in [5.41, 5.74) is 6.72. The molecular weight excluding hydrogens is 250 g/mol. The Morgan fingerprint density at radius 3 is 2.70 bits per heavy atom. The number of nitrogens with two attached hydrogens (primary N) is 1. The highest BCUT2D eigenvalue weighted by Crippen LogP contribution is 2.25. The number of hydrazine groups is 1. The van der Waals surface area contributed by atoms with Crippen molar-refractivity contribution in [2.24, 2.45) is 5.84 Å². The average Bonchev–Trinajstić information content (AvgIpc) is 2.42. The molecule has 4 nitrogen and oxygen atoms in total. The highest BCUT2D eigenvalue weighted by Gasteiger charge is 2.30. The number of benzene rings is 1. The minimum atomic E-state index is 0.0390. The second-order valence-corrected chi connectivity index (χ2v) is 6.00. The van der Waals surface area contributed by atoms with E-state index in [-0.39, 0.29) is 12.1 Å². The summed E-state index contributed by atoms with van der Waals surface area (Å²) >= 11 is 0. The molecule has 0 spiro atoms. The summed E-state index contributed by atoms with van der Waals surface area (Å²) < 4.78 is 5.97. The van der Waals surface area contributed by atoms with Gasteiger partial charge < -0.3 is 4.74 Å². The highest BCUT2D eigenvalue weighted by molar-refractivity contribution is 5.33. The summed E-state index contributed by atoms with van der Waals surface area (Å²) in [6, 6.07) is 7.07. The zero-order chi connectivity index (χ0) is 14.7. The van der Waals surface area contributed by atoms with E-state index in [4.69, 9.17) is 10.6 Å². The number of morpholine rings is 1. The van der Waals surface area contributed by atoms with Crippen molar-refractivity contribution in [1.82, 2.24) is 10.3 Å². The number of aryl methyl sites for hydroxylation is 2. The number of nitrogens with one attached hydrogen (secondary N) is 1. The van der Waals surface area contributed by atoms with Gasteiger partial charge in [0.05, 0.1) is 18.8 Å². The van der Waals surface area contributed by atoms with Crippen LogP contribution >= 0.6 is 0 Å². The number of rotatable bonds is 4. The van der Waals surface area contributed by atoms with Crippen LogP contribution in [0.1, 0.15) is 36.6 Å². The summed E-state index contributed by atoms with van der Waals surface area (Å²) in [7, 11) is 0. The van der Waals surface area contributed by atoms with E-state index in [2.05, 4.69) is 56.2 Å². The van der Waals surface area contributed by atoms with E-state index >= 15 is 0 Å². The number of ether oxygens (including phenoxy) is 1. The van der Waals surface area contributed by atoms with Gasteiger partial charge in [0.25, 0.3) is 0 Å². The van der Waals surface area contributed by atoms with Crippen molar-refractivity contribution in [1.29, 1.82) is 0 Å². The highest BCUT2D eigenvalue weighted by atomic mass is 16.5. The molecule has 0 aromatic heterocycles. The Kier molecular flexibility index (Phi) is 5.16. The molecule has 2 rings (SSSR count). The van der Waals surface area contributed by atoms with E-state index in [1.165, 1.54) is 16.7 Å². The van der Waals surface area contributed by atoms with E-state index in [0.717, 1.165) is 19.7 Å². The van der Waals surface area contributed by atoms with E-state index in [9.17, 15) is 0 Å². The Balaban J connectivity index is 2.19. The molecule has 112 valence electrons. The van der Waals surface area contributed by atoms with Crippen LogP contribution in [-0.4, -0.2) is 36.7 Å². The summed E-state index contributed by atoms with van der Waals surface area (Å²) in [4.78, 5) is 2.45. The standard InChI is InChI=1S/C16H27N3O/c1-11(2)19-7-8-20-15(10-19)16(18-17)14-6-5-12(3)9-13(14)4/h5-6,9,11,15-16,18H,7-8,10,17H2,1-4H3. The van der Waals surface area contributed by atoms with Gasteiger partial charge in [-0.3, -0.25) is 16.2 Å². The topological polar surface area (TPSA) is 50.5 Å². The van der Waals surface area contributed by atoms with Crippen molar-refractivity contribution in [2.45, 2.75) is 45.9 Å². The lowest BCUT2D eigenvalue weighted by Crippen LogP contribution is -2.51. The lowest BCUT2D eigenvalue weighted by Gasteiger charge is -2.39. The van der Waals surface area contributed by atoms with E-state index in [1.807, 2.05) is 0 Å². The van der Waals surface area contributed by atoms with Crippen LogP contribution in [-0.2, 0) is 4.74 Å². The predicted molar refractivity (Wildman–Crippen MR) is 82.4 cm³/mol. The van der Waals surface area contributed by atoms with Crippen molar-refractivity contribution in [3.63, 3.8) is 0 Å². The van der Waals surface area contributed by atoms with Crippen molar-refractivity contribution in [2.75, 3.05) is 19.7 Å². The van der Waals surface area contributed by atoms with Crippen LogP contribution in [0, 0.1) is 13.8 Å². The average molecular weight is 277 g/mol. The molecule has 1 saturated heterocycles. The molecule has 0 saturated carbocycles. The van der Waals surface area contributed by atoms with E-state index in [1.54, 1.807) is 0 Å². The predicted octanol–water partition coefficient (Wildman–Crippen LogP) is 1.92. The number of hydrogen-bond donors (Lipinski definition) is 2. The van der Waals surface area contributed by atoms with Gasteiger partial charge >= 0.3 is 0 Å². The summed E-state index contributed by atoms with van der Waals surface area (Å²) in [5, 5.41) is 0. The molecule has 1 aliphatic rings. The van der Waals surface area contributed by atoms with Gasteiger partial charge in [0, 0.05) is 19.1 Å². The zero-order valence-corrected chi connectivity index (χ0v) is 13.0. The maximum absolute atomic E-state index is 5.97. The molecule has 0 radical (unpaired) electrons. The third kappa shape index (κ3) is 3.38. The quantitative estimate of drug-likeness (QED) is 0.652. The van der Waals surface area contributed by atoms with Crippen LogP contribution in [0.25, 0.3) is 0 Å². The molecule has 0 aliphatic carbocycles. The molecule has 1 fully saturated rings. The van der Waals surface area contributed by atoms with Crippen molar-refractivity contribution < 1.29 is 4.74 Å². The molecule has 2 atom stereocenters. The van der Waals surface area contributed by atoms with Crippen LogP contribution in [0.15, 0.2) is 18.2 Å². The van der Waals surface area contributed by atoms with Crippen LogP contribution in [0.2, 0.25) is 0 Å². The second kappa shape index (κ2) is 6.68. The second-order valence-electron chi connectivity index (χ2n) is 6.00. The van der Waals surface area contributed by atoms with Gasteiger partial charge in [-0.1, -0.05) is 23.8 Å². The minimum absolute atomic E-state index is 0.0390. The van der Waals surface area contributed by atoms with Crippen LogP contribution in [0.3, 0.4) is 0 Å². The van der Waals surface area contributed by atoms with Gasteiger partial charge in [-0.25, -0.2) is 0 Å². The van der Waals surface area contributed by atoms with E-state index < -0.39 is 0 Å². The fourth-order valence-electron chi connectivity index (χ4n) is 2.94. The monoisotopic (exact) mass is 277 g/mol. The molecule has 0 amide bonds. The number of hydrogen-bond acceptors (Lipinski definition) is 4. The third-order valence-corrected chi connectivity index (χ3v) is 4.17. The molecular formula is C16H27N3O. The third-order valence-electron chi connectivity index (χ3n) is 4.17. The summed E-state index contributed by atoms with van der Waals surface area (Å²) in [6.07, 6.45) is 0.0950. The fourth-order valence-corrected chi connectivity index (χ4v) is 2.94. The van der Waals surface area contributed by atoms with Crippen molar-refractivity contribution >= 4 is 0 Å². The largest absolute Gasteiger partial charge is 0.374 e. The first-order valence-corrected chi connectivity index (χ1v) is 7.42. The van der Waals surface area contributed by atoms with Gasteiger partial charge in [0.2, 0.25) is 0 Å². The first-order valence-electron chi connectivity index (χ1n) is 7.42. The lowest BCUT2D eigenvalue weighted by molar-refractivity contribution is -0.0562. The normalized spacial score (nSPS) is 22.2. The van der Waals surface area contributed by atoms with Gasteiger partial charge in [-0.15, -0.1) is 0 Å².